The first kappa shape index (κ1) is 21.4. The second-order valence-corrected chi connectivity index (χ2v) is 5.84. The second kappa shape index (κ2) is 9.36. The summed E-state index contributed by atoms with van der Waals surface area (Å²) in [5.41, 5.74) is 0.472. The molecule has 0 bridgehead atoms. The largest absolute Gasteiger partial charge is 0.507 e. The van der Waals surface area contributed by atoms with Gasteiger partial charge in [0.2, 0.25) is 0 Å². The molecule has 9 heteroatoms. The SMILES string of the molecule is COC(=O)c1ccc(C(=O)OC)c(NC(=O)COC(=O)c2cccc(C)c2O)c1. The van der Waals surface area contributed by atoms with Gasteiger partial charge in [-0.2, -0.15) is 0 Å². The van der Waals surface area contributed by atoms with Gasteiger partial charge in [0.15, 0.2) is 6.61 Å². The van der Waals surface area contributed by atoms with Gasteiger partial charge in [-0.15, -0.1) is 0 Å². The molecule has 2 N–H and O–H groups in total. The Balaban J connectivity index is 2.14. The van der Waals surface area contributed by atoms with Crippen molar-refractivity contribution in [2.75, 3.05) is 26.1 Å². The van der Waals surface area contributed by atoms with Crippen molar-refractivity contribution in [2.24, 2.45) is 0 Å². The van der Waals surface area contributed by atoms with Crippen molar-refractivity contribution in [3.8, 4) is 5.75 Å². The van der Waals surface area contributed by atoms with Crippen molar-refractivity contribution >= 4 is 29.5 Å². The molecule has 0 saturated carbocycles. The molecule has 0 heterocycles. The minimum atomic E-state index is -0.891. The van der Waals surface area contributed by atoms with E-state index in [9.17, 15) is 24.3 Å². The summed E-state index contributed by atoms with van der Waals surface area (Å²) in [7, 11) is 2.35. The Labute approximate surface area is 166 Å². The lowest BCUT2D eigenvalue weighted by atomic mass is 10.1. The normalized spacial score (nSPS) is 10.0. The molecule has 0 saturated heterocycles. The minimum absolute atomic E-state index is 0.00356. The fourth-order valence-electron chi connectivity index (χ4n) is 2.40. The molecule has 29 heavy (non-hydrogen) atoms. The first-order valence-corrected chi connectivity index (χ1v) is 8.34. The molecule has 152 valence electrons. The van der Waals surface area contributed by atoms with Gasteiger partial charge in [0.25, 0.3) is 5.91 Å². The topological polar surface area (TPSA) is 128 Å². The molecule has 2 rings (SSSR count). The molecule has 2 aromatic rings. The van der Waals surface area contributed by atoms with E-state index in [-0.39, 0.29) is 28.1 Å². The van der Waals surface area contributed by atoms with Gasteiger partial charge in [-0.05, 0) is 36.8 Å². The minimum Gasteiger partial charge on any atom is -0.507 e. The number of hydrogen-bond acceptors (Lipinski definition) is 8. The third-order valence-electron chi connectivity index (χ3n) is 3.91. The van der Waals surface area contributed by atoms with Crippen LogP contribution in [0.2, 0.25) is 0 Å². The van der Waals surface area contributed by atoms with Crippen LogP contribution in [0.25, 0.3) is 0 Å². The molecule has 2 aromatic carbocycles. The summed E-state index contributed by atoms with van der Waals surface area (Å²) in [4.78, 5) is 47.8. The van der Waals surface area contributed by atoms with Gasteiger partial charge in [0.05, 0.1) is 31.0 Å². The van der Waals surface area contributed by atoms with Crippen molar-refractivity contribution in [1.82, 2.24) is 0 Å². The summed E-state index contributed by atoms with van der Waals surface area (Å²) in [6, 6.07) is 8.41. The quantitative estimate of drug-likeness (QED) is 0.556. The first-order valence-electron chi connectivity index (χ1n) is 8.34. The molecular weight excluding hydrogens is 382 g/mol. The van der Waals surface area contributed by atoms with Gasteiger partial charge in [-0.1, -0.05) is 12.1 Å². The highest BCUT2D eigenvalue weighted by Crippen LogP contribution is 2.22. The highest BCUT2D eigenvalue weighted by Gasteiger charge is 2.19. The fourth-order valence-corrected chi connectivity index (χ4v) is 2.40. The number of amides is 1. The molecule has 0 aliphatic rings. The third-order valence-corrected chi connectivity index (χ3v) is 3.91. The Bertz CT molecular complexity index is 967. The van der Waals surface area contributed by atoms with Crippen molar-refractivity contribution in [2.45, 2.75) is 6.92 Å². The summed E-state index contributed by atoms with van der Waals surface area (Å²) in [6.07, 6.45) is 0. The van der Waals surface area contributed by atoms with Gasteiger partial charge < -0.3 is 24.6 Å². The van der Waals surface area contributed by atoms with E-state index in [4.69, 9.17) is 4.74 Å². The van der Waals surface area contributed by atoms with Gasteiger partial charge in [-0.3, -0.25) is 4.79 Å². The molecule has 0 aliphatic heterocycles. The number of methoxy groups -OCH3 is 2. The Morgan fingerprint density at radius 2 is 1.62 bits per heavy atom. The predicted octanol–water partition coefficient (Wildman–Crippen LogP) is 2.07. The van der Waals surface area contributed by atoms with Crippen molar-refractivity contribution < 1.29 is 38.5 Å². The lowest BCUT2D eigenvalue weighted by molar-refractivity contribution is -0.119. The van der Waals surface area contributed by atoms with Gasteiger partial charge in [0, 0.05) is 0 Å². The number of aryl methyl sites for hydroxylation is 1. The first-order chi connectivity index (χ1) is 13.8. The van der Waals surface area contributed by atoms with E-state index in [0.29, 0.717) is 5.56 Å². The molecule has 9 nitrogen and oxygen atoms in total. The van der Waals surface area contributed by atoms with E-state index in [1.165, 1.54) is 31.4 Å². The molecular formula is C20H19NO8. The van der Waals surface area contributed by atoms with Crippen molar-refractivity contribution in [3.05, 3.63) is 58.7 Å². The molecule has 0 atom stereocenters. The zero-order chi connectivity index (χ0) is 21.6. The van der Waals surface area contributed by atoms with Crippen molar-refractivity contribution in [3.63, 3.8) is 0 Å². The van der Waals surface area contributed by atoms with E-state index < -0.39 is 30.4 Å². The van der Waals surface area contributed by atoms with Crippen LogP contribution in [-0.4, -0.2) is 49.7 Å². The van der Waals surface area contributed by atoms with Crippen LogP contribution in [0.4, 0.5) is 5.69 Å². The zero-order valence-corrected chi connectivity index (χ0v) is 16.0. The lowest BCUT2D eigenvalue weighted by Gasteiger charge is -2.12. The maximum absolute atomic E-state index is 12.2. The van der Waals surface area contributed by atoms with E-state index in [0.717, 1.165) is 7.11 Å². The van der Waals surface area contributed by atoms with Crippen LogP contribution in [0.5, 0.6) is 5.75 Å². The van der Waals surface area contributed by atoms with Crippen LogP contribution in [0.15, 0.2) is 36.4 Å². The number of benzene rings is 2. The maximum Gasteiger partial charge on any atom is 0.342 e. The number of phenols is 1. The number of anilines is 1. The van der Waals surface area contributed by atoms with Crippen molar-refractivity contribution in [1.29, 1.82) is 0 Å². The number of aromatic hydroxyl groups is 1. The average Bonchev–Trinajstić information content (AvgIpc) is 2.72. The van der Waals surface area contributed by atoms with Crippen LogP contribution in [0, 0.1) is 6.92 Å². The highest BCUT2D eigenvalue weighted by atomic mass is 16.5. The second-order valence-electron chi connectivity index (χ2n) is 5.84. The number of para-hydroxylation sites is 1. The van der Waals surface area contributed by atoms with Crippen LogP contribution in [-0.2, 0) is 19.0 Å². The average molecular weight is 401 g/mol. The highest BCUT2D eigenvalue weighted by molar-refractivity contribution is 6.04. The standard InChI is InChI=1S/C20H19NO8/c1-11-5-4-6-14(17(11)23)20(26)29-10-16(22)21-15-9-12(18(24)27-2)7-8-13(15)19(25)28-3/h4-9,23H,10H2,1-3H3,(H,21,22). The molecule has 0 radical (unpaired) electrons. The maximum atomic E-state index is 12.2. The molecule has 0 aliphatic carbocycles. The third kappa shape index (κ3) is 5.10. The Kier molecular flexibility index (Phi) is 6.91. The number of hydrogen-bond donors (Lipinski definition) is 2. The van der Waals surface area contributed by atoms with Crippen LogP contribution >= 0.6 is 0 Å². The molecule has 0 fully saturated rings. The molecule has 1 amide bonds. The number of carbonyl (C=O) groups is 4. The molecule has 0 unspecified atom stereocenters. The van der Waals surface area contributed by atoms with E-state index in [1.807, 2.05) is 0 Å². The molecule has 0 aromatic heterocycles. The summed E-state index contributed by atoms with van der Waals surface area (Å²) >= 11 is 0. The van der Waals surface area contributed by atoms with Crippen LogP contribution in [0.1, 0.15) is 36.6 Å². The van der Waals surface area contributed by atoms with Gasteiger partial charge in [0.1, 0.15) is 11.3 Å². The monoisotopic (exact) mass is 401 g/mol. The predicted molar refractivity (Wildman–Crippen MR) is 101 cm³/mol. The number of carbonyl (C=O) groups excluding carboxylic acids is 4. The van der Waals surface area contributed by atoms with E-state index in [1.54, 1.807) is 19.1 Å². The Morgan fingerprint density at radius 3 is 2.28 bits per heavy atom. The smallest absolute Gasteiger partial charge is 0.342 e. The number of nitrogens with one attached hydrogen (secondary N) is 1. The number of rotatable bonds is 6. The summed E-state index contributed by atoms with van der Waals surface area (Å²) < 4.78 is 14.2. The number of esters is 3. The Morgan fingerprint density at radius 1 is 0.931 bits per heavy atom. The van der Waals surface area contributed by atoms with Gasteiger partial charge in [-0.25, -0.2) is 14.4 Å². The van der Waals surface area contributed by atoms with E-state index in [2.05, 4.69) is 14.8 Å². The summed E-state index contributed by atoms with van der Waals surface area (Å²) in [6.45, 7) is 0.927. The van der Waals surface area contributed by atoms with Crippen LogP contribution < -0.4 is 5.32 Å². The van der Waals surface area contributed by atoms with Gasteiger partial charge >= 0.3 is 17.9 Å². The Hall–Kier alpha value is -3.88. The van der Waals surface area contributed by atoms with E-state index >= 15 is 0 Å². The molecule has 0 spiro atoms. The zero-order valence-electron chi connectivity index (χ0n) is 16.0. The summed E-state index contributed by atoms with van der Waals surface area (Å²) in [5, 5.41) is 12.3. The lowest BCUT2D eigenvalue weighted by Crippen LogP contribution is -2.22. The number of ether oxygens (including phenoxy) is 3. The fraction of sp³-hybridized carbons (Fsp3) is 0.200. The summed E-state index contributed by atoms with van der Waals surface area (Å²) in [5.74, 6) is -3.30. The van der Waals surface area contributed by atoms with Crippen LogP contribution in [0.3, 0.4) is 0 Å². The number of phenolic OH excluding ortho intramolecular Hbond substituents is 1.